The molecule has 29 heavy (non-hydrogen) atoms. The van der Waals surface area contributed by atoms with E-state index in [0.717, 1.165) is 27.8 Å². The van der Waals surface area contributed by atoms with Gasteiger partial charge in [0.2, 0.25) is 5.91 Å². The molecule has 0 bridgehead atoms. The van der Waals surface area contributed by atoms with Gasteiger partial charge in [-0.25, -0.2) is 4.79 Å². The lowest BCUT2D eigenvalue weighted by Crippen LogP contribution is -2.44. The molecule has 3 rings (SSSR count). The zero-order valence-corrected chi connectivity index (χ0v) is 16.6. The second kappa shape index (κ2) is 9.20. The first-order valence-electron chi connectivity index (χ1n) is 9.65. The number of rotatable bonds is 7. The van der Waals surface area contributed by atoms with Crippen molar-refractivity contribution in [3.63, 3.8) is 0 Å². The fourth-order valence-electron chi connectivity index (χ4n) is 3.62. The van der Waals surface area contributed by atoms with Gasteiger partial charge in [0, 0.05) is 6.42 Å². The van der Waals surface area contributed by atoms with Crippen LogP contribution in [0.3, 0.4) is 0 Å². The maximum Gasteiger partial charge on any atom is 0.326 e. The molecule has 0 aliphatic carbocycles. The number of carbonyl (C=O) groups excluding carboxylic acids is 1. The normalized spacial score (nSPS) is 11.8. The number of aliphatic carboxylic acids is 1. The third-order valence-corrected chi connectivity index (χ3v) is 5.20. The molecular weight excluding hydrogens is 362 g/mol. The van der Waals surface area contributed by atoms with Crippen LogP contribution in [-0.2, 0) is 16.0 Å². The fraction of sp³-hybridized carbons (Fsp3) is 0.200. The summed E-state index contributed by atoms with van der Waals surface area (Å²) in [7, 11) is 0. The first kappa shape index (κ1) is 20.3. The van der Waals surface area contributed by atoms with Crippen LogP contribution >= 0.6 is 0 Å². The Morgan fingerprint density at radius 3 is 1.72 bits per heavy atom. The molecule has 0 spiro atoms. The Morgan fingerprint density at radius 1 is 0.793 bits per heavy atom. The van der Waals surface area contributed by atoms with Gasteiger partial charge in [0.1, 0.15) is 6.04 Å². The summed E-state index contributed by atoms with van der Waals surface area (Å²) in [6.45, 7) is 3.92. The molecule has 0 aromatic heterocycles. The summed E-state index contributed by atoms with van der Waals surface area (Å²) in [6.07, 6.45) is 0.246. The Hall–Kier alpha value is -3.40. The fourth-order valence-corrected chi connectivity index (χ4v) is 3.62. The first-order chi connectivity index (χ1) is 14.0. The van der Waals surface area contributed by atoms with E-state index in [4.69, 9.17) is 0 Å². The summed E-state index contributed by atoms with van der Waals surface area (Å²) < 4.78 is 0. The van der Waals surface area contributed by atoms with E-state index >= 15 is 0 Å². The van der Waals surface area contributed by atoms with E-state index in [1.54, 1.807) is 0 Å². The minimum absolute atomic E-state index is 0.246. The molecule has 148 valence electrons. The maximum atomic E-state index is 13.2. The second-order valence-electron chi connectivity index (χ2n) is 7.23. The van der Waals surface area contributed by atoms with Crippen molar-refractivity contribution in [1.82, 2.24) is 5.32 Å². The number of benzene rings is 3. The molecule has 0 aliphatic heterocycles. The van der Waals surface area contributed by atoms with Crippen LogP contribution in [0.15, 0.2) is 78.9 Å². The standard InChI is InChI=1S/C25H25NO3/c1-17-10-9-11-18(2)21(17)16-22(25(28)29)26-24(27)23(19-12-5-3-6-13-19)20-14-7-4-8-15-20/h3-15,22-23H,16H2,1-2H3,(H,26,27)(H,28,29)/t22-/m1/s1. The van der Waals surface area contributed by atoms with Gasteiger partial charge < -0.3 is 10.4 Å². The molecule has 4 heteroatoms. The Bertz CT molecular complexity index is 924. The van der Waals surface area contributed by atoms with E-state index in [1.807, 2.05) is 92.7 Å². The molecule has 1 amide bonds. The SMILES string of the molecule is Cc1cccc(C)c1C[C@@H](NC(=O)C(c1ccccc1)c1ccccc1)C(=O)O. The number of carboxylic acids is 1. The summed E-state index contributed by atoms with van der Waals surface area (Å²) in [5.41, 5.74) is 4.65. The van der Waals surface area contributed by atoms with Crippen molar-refractivity contribution < 1.29 is 14.7 Å². The van der Waals surface area contributed by atoms with Gasteiger partial charge in [-0.1, -0.05) is 78.9 Å². The summed E-state index contributed by atoms with van der Waals surface area (Å²) in [6, 6.07) is 23.7. The summed E-state index contributed by atoms with van der Waals surface area (Å²) in [5, 5.41) is 12.6. The zero-order chi connectivity index (χ0) is 20.8. The molecule has 3 aromatic carbocycles. The Kier molecular flexibility index (Phi) is 6.45. The molecule has 4 nitrogen and oxygen atoms in total. The molecule has 0 unspecified atom stereocenters. The van der Waals surface area contributed by atoms with Crippen molar-refractivity contribution in [3.05, 3.63) is 107 Å². The molecule has 0 fully saturated rings. The highest BCUT2D eigenvalue weighted by molar-refractivity contribution is 5.90. The van der Waals surface area contributed by atoms with Crippen molar-refractivity contribution in [2.75, 3.05) is 0 Å². The number of carboxylic acid groups (broad SMARTS) is 1. The number of nitrogens with one attached hydrogen (secondary N) is 1. The minimum atomic E-state index is -1.04. The Balaban J connectivity index is 1.90. The van der Waals surface area contributed by atoms with E-state index < -0.39 is 17.9 Å². The number of hydrogen-bond donors (Lipinski definition) is 2. The van der Waals surface area contributed by atoms with Crippen LogP contribution in [0.25, 0.3) is 0 Å². The predicted octanol–water partition coefficient (Wildman–Crippen LogP) is 4.25. The lowest BCUT2D eigenvalue weighted by Gasteiger charge is -2.22. The summed E-state index contributed by atoms with van der Waals surface area (Å²) >= 11 is 0. The van der Waals surface area contributed by atoms with Gasteiger partial charge >= 0.3 is 5.97 Å². The third kappa shape index (κ3) is 4.91. The number of hydrogen-bond acceptors (Lipinski definition) is 2. The van der Waals surface area contributed by atoms with Crippen molar-refractivity contribution in [2.24, 2.45) is 0 Å². The molecule has 0 saturated carbocycles. The van der Waals surface area contributed by atoms with Crippen LogP contribution in [0.5, 0.6) is 0 Å². The van der Waals surface area contributed by atoms with Crippen molar-refractivity contribution in [1.29, 1.82) is 0 Å². The monoisotopic (exact) mass is 387 g/mol. The van der Waals surface area contributed by atoms with Crippen molar-refractivity contribution in [3.8, 4) is 0 Å². The quantitative estimate of drug-likeness (QED) is 0.637. The Labute approximate surface area is 171 Å². The molecule has 3 aromatic rings. The zero-order valence-electron chi connectivity index (χ0n) is 16.6. The molecular formula is C25H25NO3. The van der Waals surface area contributed by atoms with E-state index in [1.165, 1.54) is 0 Å². The van der Waals surface area contributed by atoms with E-state index in [-0.39, 0.29) is 12.3 Å². The number of amides is 1. The van der Waals surface area contributed by atoms with Crippen LogP contribution in [0, 0.1) is 13.8 Å². The predicted molar refractivity (Wildman–Crippen MR) is 114 cm³/mol. The molecule has 0 saturated heterocycles. The summed E-state index contributed by atoms with van der Waals surface area (Å²) in [4.78, 5) is 25.2. The van der Waals surface area contributed by atoms with E-state index in [2.05, 4.69) is 5.32 Å². The number of aryl methyl sites for hydroxylation is 2. The van der Waals surface area contributed by atoms with Gasteiger partial charge in [-0.05, 0) is 41.7 Å². The highest BCUT2D eigenvalue weighted by Gasteiger charge is 2.28. The van der Waals surface area contributed by atoms with Crippen molar-refractivity contribution in [2.45, 2.75) is 32.2 Å². The smallest absolute Gasteiger partial charge is 0.326 e. The van der Waals surface area contributed by atoms with E-state index in [9.17, 15) is 14.7 Å². The molecule has 0 aliphatic rings. The number of carbonyl (C=O) groups is 2. The molecule has 0 radical (unpaired) electrons. The van der Waals surface area contributed by atoms with Crippen LogP contribution in [0.4, 0.5) is 0 Å². The second-order valence-corrected chi connectivity index (χ2v) is 7.23. The van der Waals surface area contributed by atoms with Crippen molar-refractivity contribution >= 4 is 11.9 Å². The van der Waals surface area contributed by atoms with Crippen LogP contribution in [-0.4, -0.2) is 23.0 Å². The highest BCUT2D eigenvalue weighted by atomic mass is 16.4. The van der Waals surface area contributed by atoms with Crippen LogP contribution < -0.4 is 5.32 Å². The average molecular weight is 387 g/mol. The van der Waals surface area contributed by atoms with Gasteiger partial charge in [0.05, 0.1) is 5.92 Å². The van der Waals surface area contributed by atoms with Gasteiger partial charge in [-0.3, -0.25) is 4.79 Å². The largest absolute Gasteiger partial charge is 0.480 e. The molecule has 0 heterocycles. The lowest BCUT2D eigenvalue weighted by atomic mass is 9.89. The van der Waals surface area contributed by atoms with Gasteiger partial charge in [0.15, 0.2) is 0 Å². The summed E-state index contributed by atoms with van der Waals surface area (Å²) in [5.74, 6) is -1.93. The van der Waals surface area contributed by atoms with Crippen LogP contribution in [0.2, 0.25) is 0 Å². The Morgan fingerprint density at radius 2 is 1.28 bits per heavy atom. The average Bonchev–Trinajstić information content (AvgIpc) is 2.71. The van der Waals surface area contributed by atoms with Crippen LogP contribution in [0.1, 0.15) is 33.7 Å². The highest BCUT2D eigenvalue weighted by Crippen LogP contribution is 2.25. The topological polar surface area (TPSA) is 66.4 Å². The minimum Gasteiger partial charge on any atom is -0.480 e. The molecule has 1 atom stereocenters. The maximum absolute atomic E-state index is 13.2. The third-order valence-electron chi connectivity index (χ3n) is 5.20. The van der Waals surface area contributed by atoms with Gasteiger partial charge in [-0.15, -0.1) is 0 Å². The van der Waals surface area contributed by atoms with Gasteiger partial charge in [-0.2, -0.15) is 0 Å². The van der Waals surface area contributed by atoms with Gasteiger partial charge in [0.25, 0.3) is 0 Å². The molecule has 2 N–H and O–H groups in total. The lowest BCUT2D eigenvalue weighted by molar-refractivity contribution is -0.141. The first-order valence-corrected chi connectivity index (χ1v) is 9.65. The van der Waals surface area contributed by atoms with E-state index in [0.29, 0.717) is 0 Å².